The zero-order valence-electron chi connectivity index (χ0n) is 17.0. The minimum Gasteiger partial charge on any atom is -0.508 e. The average Bonchev–Trinajstić information content (AvgIpc) is 3.13. The molecular weight excluding hydrogens is 384 g/mol. The Morgan fingerprint density at radius 2 is 1.97 bits per heavy atom. The number of hydrogen-bond acceptors (Lipinski definition) is 8. The van der Waals surface area contributed by atoms with Crippen LogP contribution in [0.15, 0.2) is 36.5 Å². The highest BCUT2D eigenvalue weighted by molar-refractivity contribution is 5.88. The van der Waals surface area contributed by atoms with Crippen molar-refractivity contribution in [1.82, 2.24) is 15.0 Å². The molecule has 2 aliphatic rings. The molecule has 2 saturated heterocycles. The lowest BCUT2D eigenvalue weighted by atomic mass is 10.1. The highest BCUT2D eigenvalue weighted by Gasteiger charge is 2.34. The van der Waals surface area contributed by atoms with E-state index in [1.807, 2.05) is 32.2 Å². The van der Waals surface area contributed by atoms with Gasteiger partial charge in [0.2, 0.25) is 0 Å². The van der Waals surface area contributed by atoms with E-state index in [0.29, 0.717) is 25.6 Å². The van der Waals surface area contributed by atoms with Gasteiger partial charge in [0, 0.05) is 30.4 Å². The van der Waals surface area contributed by atoms with Crippen LogP contribution in [0.25, 0.3) is 22.4 Å². The van der Waals surface area contributed by atoms with E-state index in [4.69, 9.17) is 29.2 Å². The number of benzene rings is 1. The summed E-state index contributed by atoms with van der Waals surface area (Å²) in [5.74, 6) is 0.881. The van der Waals surface area contributed by atoms with Gasteiger partial charge in [-0.2, -0.15) is 0 Å². The molecule has 0 bridgehead atoms. The first-order chi connectivity index (χ1) is 14.5. The van der Waals surface area contributed by atoms with Crippen molar-refractivity contribution in [2.45, 2.75) is 25.7 Å². The smallest absolute Gasteiger partial charge is 0.163 e. The summed E-state index contributed by atoms with van der Waals surface area (Å²) < 4.78 is 17.2. The van der Waals surface area contributed by atoms with E-state index in [1.165, 1.54) is 0 Å². The number of phenols is 1. The third kappa shape index (κ3) is 3.69. The fourth-order valence-electron chi connectivity index (χ4n) is 3.82. The highest BCUT2D eigenvalue weighted by Crippen LogP contribution is 2.35. The molecule has 3 aromatic rings. The number of pyridine rings is 1. The predicted octanol–water partition coefficient (Wildman–Crippen LogP) is 3.06. The Morgan fingerprint density at radius 1 is 1.13 bits per heavy atom. The summed E-state index contributed by atoms with van der Waals surface area (Å²) in [7, 11) is 0. The van der Waals surface area contributed by atoms with Gasteiger partial charge in [0.15, 0.2) is 17.4 Å². The fourth-order valence-corrected chi connectivity index (χ4v) is 3.82. The van der Waals surface area contributed by atoms with Crippen molar-refractivity contribution in [3.63, 3.8) is 0 Å². The van der Waals surface area contributed by atoms with Crippen molar-refractivity contribution in [2.75, 3.05) is 37.8 Å². The summed E-state index contributed by atoms with van der Waals surface area (Å²) in [6.45, 7) is 7.05. The molecule has 1 N–H and O–H groups in total. The van der Waals surface area contributed by atoms with Crippen molar-refractivity contribution < 1.29 is 19.3 Å². The van der Waals surface area contributed by atoms with E-state index in [1.54, 1.807) is 18.2 Å². The van der Waals surface area contributed by atoms with Gasteiger partial charge in [0.05, 0.1) is 25.3 Å². The summed E-state index contributed by atoms with van der Waals surface area (Å²) in [6, 6.07) is 8.96. The van der Waals surface area contributed by atoms with Gasteiger partial charge >= 0.3 is 0 Å². The normalized spacial score (nSPS) is 21.3. The second-order valence-corrected chi connectivity index (χ2v) is 7.97. The lowest BCUT2D eigenvalue weighted by Gasteiger charge is -2.28. The largest absolute Gasteiger partial charge is 0.508 e. The second kappa shape index (κ2) is 7.46. The molecule has 156 valence electrons. The van der Waals surface area contributed by atoms with Crippen LogP contribution >= 0.6 is 0 Å². The van der Waals surface area contributed by atoms with Crippen molar-refractivity contribution in [3.05, 3.63) is 42.1 Å². The first-order valence-electron chi connectivity index (χ1n) is 10.1. The maximum absolute atomic E-state index is 9.92. The van der Waals surface area contributed by atoms with Crippen LogP contribution in [0.4, 0.5) is 5.82 Å². The number of ether oxygens (including phenoxy) is 3. The number of anilines is 1. The maximum Gasteiger partial charge on any atom is 0.163 e. The van der Waals surface area contributed by atoms with Gasteiger partial charge in [-0.15, -0.1) is 0 Å². The summed E-state index contributed by atoms with van der Waals surface area (Å²) in [4.78, 5) is 16.5. The van der Waals surface area contributed by atoms with Gasteiger partial charge in [0.25, 0.3) is 0 Å². The van der Waals surface area contributed by atoms with E-state index in [9.17, 15) is 5.11 Å². The topological polar surface area (TPSA) is 89.8 Å². The average molecular weight is 408 g/mol. The number of aromatic hydroxyl groups is 1. The molecule has 0 aliphatic carbocycles. The van der Waals surface area contributed by atoms with E-state index < -0.39 is 5.79 Å². The van der Waals surface area contributed by atoms with Crippen LogP contribution in [0.2, 0.25) is 0 Å². The lowest BCUT2D eigenvalue weighted by molar-refractivity contribution is -0.139. The molecule has 2 fully saturated rings. The first kappa shape index (κ1) is 19.2. The van der Waals surface area contributed by atoms with Crippen LogP contribution < -0.4 is 4.90 Å². The Bertz CT molecular complexity index is 1080. The molecule has 0 amide bonds. The lowest BCUT2D eigenvalue weighted by Crippen LogP contribution is -2.37. The predicted molar refractivity (Wildman–Crippen MR) is 111 cm³/mol. The number of morpholine rings is 1. The standard InChI is InChI=1S/C22H24N4O4/c1-22(2)29-13-18(30-22)15-11-17-19(23-12-15)21(26-6-8-28-9-7-26)25-20(24-17)14-4-3-5-16(27)10-14/h3-5,10-12,18,27H,6-9,13H2,1-2H3. The SMILES string of the molecule is CC1(C)OCC(c2cnc3c(N4CCOCC4)nc(-c4cccc(O)c4)nc3c2)O1. The summed E-state index contributed by atoms with van der Waals surface area (Å²) in [5, 5.41) is 9.92. The van der Waals surface area contributed by atoms with Crippen LogP contribution in [-0.2, 0) is 14.2 Å². The molecule has 0 saturated carbocycles. The van der Waals surface area contributed by atoms with Crippen molar-refractivity contribution in [1.29, 1.82) is 0 Å². The maximum atomic E-state index is 9.92. The zero-order valence-corrected chi connectivity index (χ0v) is 17.0. The third-order valence-electron chi connectivity index (χ3n) is 5.33. The van der Waals surface area contributed by atoms with E-state index in [-0.39, 0.29) is 11.9 Å². The Labute approximate surface area is 174 Å². The number of nitrogens with zero attached hydrogens (tertiary/aromatic N) is 4. The number of aromatic nitrogens is 3. The number of hydrogen-bond donors (Lipinski definition) is 1. The minimum absolute atomic E-state index is 0.176. The quantitative estimate of drug-likeness (QED) is 0.707. The zero-order chi connectivity index (χ0) is 20.7. The van der Waals surface area contributed by atoms with Gasteiger partial charge in [-0.1, -0.05) is 12.1 Å². The van der Waals surface area contributed by atoms with Crippen molar-refractivity contribution in [2.24, 2.45) is 0 Å². The molecule has 5 rings (SSSR count). The number of rotatable bonds is 3. The fraction of sp³-hybridized carbons (Fsp3) is 0.409. The Hall–Kier alpha value is -2.81. The number of fused-ring (bicyclic) bond motifs is 1. The Kier molecular flexibility index (Phi) is 4.77. The molecule has 8 heteroatoms. The van der Waals surface area contributed by atoms with Gasteiger partial charge in [-0.25, -0.2) is 9.97 Å². The monoisotopic (exact) mass is 408 g/mol. The van der Waals surface area contributed by atoms with Crippen LogP contribution in [0.1, 0.15) is 25.5 Å². The van der Waals surface area contributed by atoms with Crippen LogP contribution in [0, 0.1) is 0 Å². The molecule has 4 heterocycles. The first-order valence-corrected chi connectivity index (χ1v) is 10.1. The molecule has 0 spiro atoms. The van der Waals surface area contributed by atoms with Gasteiger partial charge in [-0.3, -0.25) is 4.98 Å². The molecule has 8 nitrogen and oxygen atoms in total. The molecule has 1 aromatic carbocycles. The second-order valence-electron chi connectivity index (χ2n) is 7.97. The summed E-state index contributed by atoms with van der Waals surface area (Å²) >= 11 is 0. The molecular formula is C22H24N4O4. The molecule has 1 unspecified atom stereocenters. The van der Waals surface area contributed by atoms with E-state index in [0.717, 1.165) is 41.1 Å². The summed E-state index contributed by atoms with van der Waals surface area (Å²) in [5.41, 5.74) is 3.14. The number of phenolic OH excluding ortho intramolecular Hbond substituents is 1. The van der Waals surface area contributed by atoms with E-state index in [2.05, 4.69) is 4.90 Å². The van der Waals surface area contributed by atoms with Gasteiger partial charge in [0.1, 0.15) is 17.4 Å². The molecule has 2 aliphatic heterocycles. The van der Waals surface area contributed by atoms with Crippen LogP contribution in [-0.4, -0.2) is 58.8 Å². The van der Waals surface area contributed by atoms with Crippen LogP contribution in [0.3, 0.4) is 0 Å². The molecule has 2 aromatic heterocycles. The molecule has 1 atom stereocenters. The molecule has 0 radical (unpaired) electrons. The third-order valence-corrected chi connectivity index (χ3v) is 5.33. The van der Waals surface area contributed by atoms with E-state index >= 15 is 0 Å². The summed E-state index contributed by atoms with van der Waals surface area (Å²) in [6.07, 6.45) is 1.63. The Morgan fingerprint density at radius 3 is 2.70 bits per heavy atom. The van der Waals surface area contributed by atoms with Crippen LogP contribution in [0.5, 0.6) is 5.75 Å². The van der Waals surface area contributed by atoms with Crippen molar-refractivity contribution >= 4 is 16.9 Å². The van der Waals surface area contributed by atoms with Gasteiger partial charge < -0.3 is 24.2 Å². The van der Waals surface area contributed by atoms with Gasteiger partial charge in [-0.05, 0) is 32.0 Å². The minimum atomic E-state index is -0.614. The van der Waals surface area contributed by atoms with Crippen molar-refractivity contribution in [3.8, 4) is 17.1 Å². The Balaban J connectivity index is 1.63. The molecule has 30 heavy (non-hydrogen) atoms. The highest BCUT2D eigenvalue weighted by atomic mass is 16.7.